The molecule has 0 saturated heterocycles. The molecule has 0 bridgehead atoms. The molecule has 44 heavy (non-hydrogen) atoms. The molecule has 0 aliphatic heterocycles. The van der Waals surface area contributed by atoms with Crippen LogP contribution < -0.4 is 26.6 Å². The Labute approximate surface area is 262 Å². The third kappa shape index (κ3) is 15.8. The van der Waals surface area contributed by atoms with Crippen LogP contribution in [0.25, 0.3) is 0 Å². The third-order valence-electron chi connectivity index (χ3n) is 7.42. The second kappa shape index (κ2) is 21.2. The van der Waals surface area contributed by atoms with Crippen molar-refractivity contribution >= 4 is 29.6 Å². The summed E-state index contributed by atoms with van der Waals surface area (Å²) in [6.45, 7) is 12.4. The van der Waals surface area contributed by atoms with Gasteiger partial charge in [0, 0.05) is 44.4 Å². The summed E-state index contributed by atoms with van der Waals surface area (Å²) in [4.78, 5) is 66.7. The summed E-state index contributed by atoms with van der Waals surface area (Å²) in [6.07, 6.45) is 6.54. The van der Waals surface area contributed by atoms with E-state index in [2.05, 4.69) is 45.4 Å². The van der Waals surface area contributed by atoms with E-state index in [-0.39, 0.29) is 49.0 Å². The van der Waals surface area contributed by atoms with Gasteiger partial charge in [0.05, 0.1) is 6.04 Å². The summed E-state index contributed by atoms with van der Waals surface area (Å²) in [5, 5.41) is 23.6. The van der Waals surface area contributed by atoms with Crippen LogP contribution in [0.15, 0.2) is 24.5 Å². The molecule has 248 valence electrons. The molecular formula is C32H54N6O6. The molecule has 1 aromatic rings. The fourth-order valence-electron chi connectivity index (χ4n) is 4.67. The number of aliphatic carboxylic acids is 1. The van der Waals surface area contributed by atoms with Crippen LogP contribution in [0.1, 0.15) is 92.1 Å². The first-order valence-corrected chi connectivity index (χ1v) is 15.9. The van der Waals surface area contributed by atoms with Crippen molar-refractivity contribution < 1.29 is 29.1 Å². The summed E-state index contributed by atoms with van der Waals surface area (Å²) in [5.74, 6) is -2.22. The highest BCUT2D eigenvalue weighted by Gasteiger charge is 2.30. The minimum Gasteiger partial charge on any atom is -0.481 e. The van der Waals surface area contributed by atoms with Gasteiger partial charge in [-0.15, -0.1) is 0 Å². The Morgan fingerprint density at radius 1 is 0.932 bits per heavy atom. The zero-order valence-corrected chi connectivity index (χ0v) is 27.3. The standard InChI is InChI=1S/C32H54N6O6/c1-7-11-26(37-32(44)29(22(5)8-2)38-27(39)13-9-14-28(40)41)31(43)36-25(18-21(3)4)20-35-23(6)30(42)34-17-15-24-12-10-16-33-19-24/h10,12,16,19,21-23,25-26,29,35H,7-9,11,13-15,17-18,20H2,1-6H3,(H,34,42)(H,36,43)(H,37,44)(H,38,39)(H,40,41)/t22-,23-,25-,26-,29-/m0/s1. The lowest BCUT2D eigenvalue weighted by Gasteiger charge is -2.28. The molecule has 0 aliphatic rings. The van der Waals surface area contributed by atoms with Gasteiger partial charge in [0.15, 0.2) is 0 Å². The first-order chi connectivity index (χ1) is 20.9. The second-order valence-corrected chi connectivity index (χ2v) is 11.9. The second-order valence-electron chi connectivity index (χ2n) is 11.9. The number of carbonyl (C=O) groups is 5. The summed E-state index contributed by atoms with van der Waals surface area (Å²) >= 11 is 0. The molecule has 0 spiro atoms. The summed E-state index contributed by atoms with van der Waals surface area (Å²) < 4.78 is 0. The van der Waals surface area contributed by atoms with E-state index in [0.717, 1.165) is 5.56 Å². The largest absolute Gasteiger partial charge is 0.481 e. The number of rotatable bonds is 22. The number of amides is 4. The van der Waals surface area contributed by atoms with Crippen LogP contribution >= 0.6 is 0 Å². The SMILES string of the molecule is CCC[C@H](NC(=O)[C@@H](NC(=O)CCCC(=O)O)[C@@H](C)CC)C(=O)N[C@H](CN[C@@H](C)C(=O)NCCc1cccnc1)CC(C)C. The molecule has 12 heteroatoms. The van der Waals surface area contributed by atoms with Crippen LogP contribution in [0.4, 0.5) is 0 Å². The first kappa shape index (κ1) is 38.5. The summed E-state index contributed by atoms with van der Waals surface area (Å²) in [7, 11) is 0. The van der Waals surface area contributed by atoms with E-state index in [1.807, 2.05) is 32.9 Å². The fraction of sp³-hybridized carbons (Fsp3) is 0.688. The van der Waals surface area contributed by atoms with Gasteiger partial charge in [0.25, 0.3) is 0 Å². The van der Waals surface area contributed by atoms with Gasteiger partial charge in [-0.25, -0.2) is 0 Å². The maximum atomic E-state index is 13.4. The van der Waals surface area contributed by atoms with Gasteiger partial charge in [-0.1, -0.05) is 53.5 Å². The molecule has 12 nitrogen and oxygen atoms in total. The van der Waals surface area contributed by atoms with Crippen LogP contribution in [0.3, 0.4) is 0 Å². The van der Waals surface area contributed by atoms with Crippen molar-refractivity contribution in [2.45, 2.75) is 117 Å². The molecule has 0 fully saturated rings. The normalized spacial score (nSPS) is 14.5. The summed E-state index contributed by atoms with van der Waals surface area (Å²) in [6, 6.07) is 1.41. The van der Waals surface area contributed by atoms with Gasteiger partial charge in [0.2, 0.25) is 23.6 Å². The van der Waals surface area contributed by atoms with Crippen molar-refractivity contribution in [3.05, 3.63) is 30.1 Å². The quantitative estimate of drug-likeness (QED) is 0.115. The van der Waals surface area contributed by atoms with E-state index >= 15 is 0 Å². The van der Waals surface area contributed by atoms with Crippen LogP contribution in [0.2, 0.25) is 0 Å². The topological polar surface area (TPSA) is 179 Å². The lowest BCUT2D eigenvalue weighted by atomic mass is 9.97. The van der Waals surface area contributed by atoms with E-state index in [0.29, 0.717) is 45.2 Å². The smallest absolute Gasteiger partial charge is 0.303 e. The van der Waals surface area contributed by atoms with Crippen LogP contribution in [-0.4, -0.2) is 76.9 Å². The first-order valence-electron chi connectivity index (χ1n) is 15.9. The Morgan fingerprint density at radius 3 is 2.25 bits per heavy atom. The van der Waals surface area contributed by atoms with E-state index in [4.69, 9.17) is 5.11 Å². The van der Waals surface area contributed by atoms with Gasteiger partial charge in [-0.2, -0.15) is 0 Å². The maximum absolute atomic E-state index is 13.4. The fourth-order valence-corrected chi connectivity index (χ4v) is 4.67. The number of nitrogens with one attached hydrogen (secondary N) is 5. The molecule has 6 N–H and O–H groups in total. The molecule has 0 aromatic carbocycles. The lowest BCUT2D eigenvalue weighted by Crippen LogP contribution is -2.57. The summed E-state index contributed by atoms with van der Waals surface area (Å²) in [5.41, 5.74) is 1.04. The Kier molecular flexibility index (Phi) is 18.6. The van der Waals surface area contributed by atoms with Crippen molar-refractivity contribution in [3.63, 3.8) is 0 Å². The molecule has 0 radical (unpaired) electrons. The van der Waals surface area contributed by atoms with Gasteiger partial charge >= 0.3 is 5.97 Å². The zero-order chi connectivity index (χ0) is 33.1. The Bertz CT molecular complexity index is 1040. The van der Waals surface area contributed by atoms with Gasteiger partial charge < -0.3 is 31.7 Å². The Balaban J connectivity index is 2.78. The molecule has 4 amide bonds. The molecule has 1 heterocycles. The third-order valence-corrected chi connectivity index (χ3v) is 7.42. The van der Waals surface area contributed by atoms with Crippen LogP contribution in [-0.2, 0) is 30.4 Å². The Hall–Kier alpha value is -3.54. The van der Waals surface area contributed by atoms with Crippen LogP contribution in [0, 0.1) is 11.8 Å². The van der Waals surface area contributed by atoms with Crippen molar-refractivity contribution in [2.75, 3.05) is 13.1 Å². The molecule has 5 atom stereocenters. The zero-order valence-electron chi connectivity index (χ0n) is 27.3. The molecular weight excluding hydrogens is 564 g/mol. The average Bonchev–Trinajstić information content (AvgIpc) is 2.97. The number of nitrogens with zero attached hydrogens (tertiary/aromatic N) is 1. The predicted molar refractivity (Wildman–Crippen MR) is 170 cm³/mol. The molecule has 0 saturated carbocycles. The van der Waals surface area contributed by atoms with Gasteiger partial charge in [-0.05, 0) is 56.1 Å². The Morgan fingerprint density at radius 2 is 1.66 bits per heavy atom. The number of hydrogen-bond acceptors (Lipinski definition) is 7. The van der Waals surface area contributed by atoms with E-state index in [1.54, 1.807) is 19.3 Å². The number of hydrogen-bond donors (Lipinski definition) is 6. The minimum atomic E-state index is -0.983. The van der Waals surface area contributed by atoms with E-state index < -0.39 is 35.9 Å². The average molecular weight is 619 g/mol. The van der Waals surface area contributed by atoms with Crippen molar-refractivity contribution in [1.29, 1.82) is 0 Å². The lowest BCUT2D eigenvalue weighted by molar-refractivity contribution is -0.137. The number of carbonyl (C=O) groups excluding carboxylic acids is 4. The number of aromatic nitrogens is 1. The highest BCUT2D eigenvalue weighted by atomic mass is 16.4. The monoisotopic (exact) mass is 618 g/mol. The molecule has 1 rings (SSSR count). The van der Waals surface area contributed by atoms with Crippen molar-refractivity contribution in [1.82, 2.24) is 31.6 Å². The predicted octanol–water partition coefficient (Wildman–Crippen LogP) is 2.32. The van der Waals surface area contributed by atoms with Gasteiger partial charge in [0.1, 0.15) is 12.1 Å². The molecule has 0 aliphatic carbocycles. The van der Waals surface area contributed by atoms with Crippen molar-refractivity contribution in [2.24, 2.45) is 11.8 Å². The number of carboxylic acid groups (broad SMARTS) is 1. The highest BCUT2D eigenvalue weighted by Crippen LogP contribution is 2.11. The maximum Gasteiger partial charge on any atom is 0.303 e. The van der Waals surface area contributed by atoms with Crippen molar-refractivity contribution in [3.8, 4) is 0 Å². The number of carboxylic acids is 1. The van der Waals surface area contributed by atoms with E-state index in [9.17, 15) is 24.0 Å². The van der Waals surface area contributed by atoms with Gasteiger partial charge in [-0.3, -0.25) is 29.0 Å². The van der Waals surface area contributed by atoms with Crippen LogP contribution in [0.5, 0.6) is 0 Å². The minimum absolute atomic E-state index is 0.00375. The van der Waals surface area contributed by atoms with E-state index in [1.165, 1.54) is 0 Å². The highest BCUT2D eigenvalue weighted by molar-refractivity contribution is 5.92. The molecule has 0 unspecified atom stereocenters. The number of pyridine rings is 1. The molecule has 1 aromatic heterocycles.